The molecule has 2 aromatic rings. The molecule has 21 heavy (non-hydrogen) atoms. The van der Waals surface area contributed by atoms with Crippen molar-refractivity contribution in [1.29, 1.82) is 5.41 Å². The summed E-state index contributed by atoms with van der Waals surface area (Å²) in [6.45, 7) is 6.67. The minimum absolute atomic E-state index is 0.110. The zero-order chi connectivity index (χ0) is 15.4. The molecular weight excluding hydrogens is 262 g/mol. The molecule has 1 aromatic carbocycles. The summed E-state index contributed by atoms with van der Waals surface area (Å²) >= 11 is 0. The van der Waals surface area contributed by atoms with Crippen molar-refractivity contribution in [2.75, 3.05) is 7.05 Å². The summed E-state index contributed by atoms with van der Waals surface area (Å²) in [4.78, 5) is 2.24. The fourth-order valence-corrected chi connectivity index (χ4v) is 2.48. The highest BCUT2D eigenvalue weighted by molar-refractivity contribution is 5.95. The molecule has 0 fully saturated rings. The van der Waals surface area contributed by atoms with Crippen molar-refractivity contribution >= 4 is 5.84 Å². The first-order valence-electron chi connectivity index (χ1n) is 7.14. The van der Waals surface area contributed by atoms with Crippen LogP contribution in [0.15, 0.2) is 30.3 Å². The molecule has 0 aliphatic rings. The second-order valence-electron chi connectivity index (χ2n) is 5.38. The van der Waals surface area contributed by atoms with Gasteiger partial charge in [0.2, 0.25) is 0 Å². The Kier molecular flexibility index (Phi) is 4.75. The molecule has 2 rings (SSSR count). The van der Waals surface area contributed by atoms with Crippen LogP contribution >= 0.6 is 0 Å². The maximum Gasteiger partial charge on any atom is 0.122 e. The Morgan fingerprint density at radius 1 is 1.33 bits per heavy atom. The number of nitrogens with one attached hydrogen (secondary N) is 1. The van der Waals surface area contributed by atoms with Crippen LogP contribution in [0.2, 0.25) is 0 Å². The van der Waals surface area contributed by atoms with E-state index in [4.69, 9.17) is 11.1 Å². The quantitative estimate of drug-likeness (QED) is 0.631. The standard InChI is InChI=1S/C16H23N5/c1-4-21-15(8-12(2)19-21)11-20(3)10-13-6-5-7-14(9-13)16(17)18/h5-9H,4,10-11H2,1-3H3,(H3,17,18). The zero-order valence-electron chi connectivity index (χ0n) is 12.9. The van der Waals surface area contributed by atoms with Gasteiger partial charge in [0, 0.05) is 25.2 Å². The van der Waals surface area contributed by atoms with Gasteiger partial charge in [-0.05, 0) is 38.6 Å². The minimum Gasteiger partial charge on any atom is -0.384 e. The Morgan fingerprint density at radius 3 is 2.76 bits per heavy atom. The predicted octanol–water partition coefficient (Wildman–Crippen LogP) is 2.13. The molecule has 0 bridgehead atoms. The fourth-order valence-electron chi connectivity index (χ4n) is 2.48. The van der Waals surface area contributed by atoms with E-state index in [0.29, 0.717) is 0 Å². The van der Waals surface area contributed by atoms with Crippen LogP contribution in [0.25, 0.3) is 0 Å². The number of benzene rings is 1. The first-order valence-corrected chi connectivity index (χ1v) is 7.14. The molecule has 0 spiro atoms. The molecule has 5 nitrogen and oxygen atoms in total. The van der Waals surface area contributed by atoms with Crippen LogP contribution in [-0.2, 0) is 19.6 Å². The van der Waals surface area contributed by atoms with Crippen molar-refractivity contribution in [1.82, 2.24) is 14.7 Å². The fraction of sp³-hybridized carbons (Fsp3) is 0.375. The van der Waals surface area contributed by atoms with E-state index < -0.39 is 0 Å². The van der Waals surface area contributed by atoms with E-state index in [1.807, 2.05) is 29.8 Å². The maximum atomic E-state index is 7.50. The van der Waals surface area contributed by atoms with Crippen LogP contribution in [0.5, 0.6) is 0 Å². The van der Waals surface area contributed by atoms with Gasteiger partial charge in [-0.3, -0.25) is 15.0 Å². The Hall–Kier alpha value is -2.14. The van der Waals surface area contributed by atoms with Gasteiger partial charge in [0.25, 0.3) is 0 Å². The molecule has 0 amide bonds. The lowest BCUT2D eigenvalue weighted by molar-refractivity contribution is 0.307. The molecule has 0 saturated heterocycles. The summed E-state index contributed by atoms with van der Waals surface area (Å²) in [7, 11) is 2.09. The number of hydrogen-bond acceptors (Lipinski definition) is 3. The maximum absolute atomic E-state index is 7.50. The van der Waals surface area contributed by atoms with Crippen molar-refractivity contribution in [2.24, 2.45) is 5.73 Å². The normalized spacial score (nSPS) is 11.0. The Morgan fingerprint density at radius 2 is 2.10 bits per heavy atom. The van der Waals surface area contributed by atoms with E-state index in [1.54, 1.807) is 0 Å². The first-order chi connectivity index (χ1) is 9.99. The summed E-state index contributed by atoms with van der Waals surface area (Å²) in [6, 6.07) is 9.97. The van der Waals surface area contributed by atoms with Crippen molar-refractivity contribution < 1.29 is 0 Å². The van der Waals surface area contributed by atoms with Crippen molar-refractivity contribution in [2.45, 2.75) is 33.5 Å². The third-order valence-electron chi connectivity index (χ3n) is 3.41. The molecule has 0 atom stereocenters. The van der Waals surface area contributed by atoms with Gasteiger partial charge in [-0.25, -0.2) is 0 Å². The van der Waals surface area contributed by atoms with Gasteiger partial charge in [-0.2, -0.15) is 5.10 Å². The van der Waals surface area contributed by atoms with E-state index in [9.17, 15) is 0 Å². The number of hydrogen-bond donors (Lipinski definition) is 2. The van der Waals surface area contributed by atoms with Crippen LogP contribution in [-0.4, -0.2) is 27.6 Å². The average Bonchev–Trinajstić information content (AvgIpc) is 2.78. The van der Waals surface area contributed by atoms with Gasteiger partial charge in [-0.15, -0.1) is 0 Å². The van der Waals surface area contributed by atoms with Gasteiger partial charge in [0.1, 0.15) is 5.84 Å². The third kappa shape index (κ3) is 3.92. The monoisotopic (exact) mass is 285 g/mol. The van der Waals surface area contributed by atoms with Crippen LogP contribution in [0.3, 0.4) is 0 Å². The van der Waals surface area contributed by atoms with Crippen LogP contribution in [0.1, 0.15) is 29.4 Å². The second-order valence-corrected chi connectivity index (χ2v) is 5.38. The summed E-state index contributed by atoms with van der Waals surface area (Å²) in [5, 5.41) is 12.0. The largest absolute Gasteiger partial charge is 0.384 e. The number of aromatic nitrogens is 2. The summed E-state index contributed by atoms with van der Waals surface area (Å²) in [5.41, 5.74) is 9.74. The molecule has 0 unspecified atom stereocenters. The molecule has 0 radical (unpaired) electrons. The zero-order valence-corrected chi connectivity index (χ0v) is 12.9. The molecule has 5 heteroatoms. The highest BCUT2D eigenvalue weighted by atomic mass is 15.3. The van der Waals surface area contributed by atoms with Crippen LogP contribution < -0.4 is 5.73 Å². The van der Waals surface area contributed by atoms with Gasteiger partial charge in [-0.1, -0.05) is 18.2 Å². The summed E-state index contributed by atoms with van der Waals surface area (Å²) in [6.07, 6.45) is 0. The summed E-state index contributed by atoms with van der Waals surface area (Å²) in [5.74, 6) is 0.110. The number of nitrogen functional groups attached to an aromatic ring is 1. The Labute approximate surface area is 125 Å². The van der Waals surface area contributed by atoms with E-state index in [2.05, 4.69) is 36.1 Å². The molecule has 3 N–H and O–H groups in total. The molecule has 1 aromatic heterocycles. The molecule has 0 aliphatic carbocycles. The topological polar surface area (TPSA) is 70.9 Å². The van der Waals surface area contributed by atoms with Crippen molar-refractivity contribution in [3.63, 3.8) is 0 Å². The smallest absolute Gasteiger partial charge is 0.122 e. The molecule has 0 aliphatic heterocycles. The third-order valence-corrected chi connectivity index (χ3v) is 3.41. The first kappa shape index (κ1) is 15.3. The average molecular weight is 285 g/mol. The minimum atomic E-state index is 0.110. The molecule has 1 heterocycles. The lowest BCUT2D eigenvalue weighted by Crippen LogP contribution is -2.20. The SMILES string of the molecule is CCn1nc(C)cc1CN(C)Cc1cccc(C(=N)N)c1. The van der Waals surface area contributed by atoms with E-state index in [1.165, 1.54) is 5.69 Å². The van der Waals surface area contributed by atoms with Gasteiger partial charge in [0.05, 0.1) is 11.4 Å². The van der Waals surface area contributed by atoms with Gasteiger partial charge < -0.3 is 5.73 Å². The van der Waals surface area contributed by atoms with E-state index in [0.717, 1.165) is 36.5 Å². The van der Waals surface area contributed by atoms with Crippen molar-refractivity contribution in [3.05, 3.63) is 52.8 Å². The number of rotatable bonds is 6. The van der Waals surface area contributed by atoms with E-state index >= 15 is 0 Å². The number of aryl methyl sites for hydroxylation is 2. The highest BCUT2D eigenvalue weighted by Crippen LogP contribution is 2.11. The van der Waals surface area contributed by atoms with E-state index in [-0.39, 0.29) is 5.84 Å². The molecule has 112 valence electrons. The predicted molar refractivity (Wildman–Crippen MR) is 85.3 cm³/mol. The van der Waals surface area contributed by atoms with Crippen LogP contribution in [0.4, 0.5) is 0 Å². The highest BCUT2D eigenvalue weighted by Gasteiger charge is 2.08. The molecule has 0 saturated carbocycles. The Bertz CT molecular complexity index is 629. The number of amidine groups is 1. The lowest BCUT2D eigenvalue weighted by Gasteiger charge is -2.17. The number of nitrogens with zero attached hydrogens (tertiary/aromatic N) is 3. The van der Waals surface area contributed by atoms with Gasteiger partial charge >= 0.3 is 0 Å². The summed E-state index contributed by atoms with van der Waals surface area (Å²) < 4.78 is 2.04. The molecular formula is C16H23N5. The lowest BCUT2D eigenvalue weighted by atomic mass is 10.1. The Balaban J connectivity index is 2.06. The van der Waals surface area contributed by atoms with Crippen LogP contribution in [0, 0.1) is 12.3 Å². The van der Waals surface area contributed by atoms with Crippen molar-refractivity contribution in [3.8, 4) is 0 Å². The number of nitrogens with two attached hydrogens (primary N) is 1. The van der Waals surface area contributed by atoms with Gasteiger partial charge in [0.15, 0.2) is 0 Å². The second kappa shape index (κ2) is 6.54.